The third-order valence-corrected chi connectivity index (χ3v) is 1.35. The van der Waals surface area contributed by atoms with E-state index >= 15 is 0 Å². The van der Waals surface area contributed by atoms with Gasteiger partial charge in [-0.2, -0.15) is 0 Å². The van der Waals surface area contributed by atoms with Crippen LogP contribution in [0.25, 0.3) is 10.4 Å². The van der Waals surface area contributed by atoms with Crippen molar-refractivity contribution in [1.29, 1.82) is 0 Å². The molecule has 10 heavy (non-hydrogen) atoms. The predicted octanol–water partition coefficient (Wildman–Crippen LogP) is 0.0512. The van der Waals surface area contributed by atoms with Gasteiger partial charge in [-0.1, -0.05) is 5.11 Å². The van der Waals surface area contributed by atoms with Crippen LogP contribution in [-0.2, 0) is 0 Å². The zero-order chi connectivity index (χ0) is 6.69. The highest BCUT2D eigenvalue weighted by atomic mass is 35.5. The van der Waals surface area contributed by atoms with Crippen LogP contribution in [0, 0.1) is 0 Å². The first-order valence-corrected chi connectivity index (χ1v) is 2.77. The Kier molecular flexibility index (Phi) is 4.14. The van der Waals surface area contributed by atoms with Crippen LogP contribution in [0.3, 0.4) is 0 Å². The minimum atomic E-state index is -0.499. The van der Waals surface area contributed by atoms with E-state index in [1.54, 1.807) is 0 Å². The van der Waals surface area contributed by atoms with Crippen LogP contribution in [0.1, 0.15) is 0 Å². The first-order valence-electron chi connectivity index (χ1n) is 2.77. The Labute approximate surface area is 64.5 Å². The summed E-state index contributed by atoms with van der Waals surface area (Å²) in [7, 11) is 0. The molecule has 0 aromatic rings. The fraction of sp³-hybridized carbons (Fsp3) is 1.00. The van der Waals surface area contributed by atoms with Crippen molar-refractivity contribution in [3.05, 3.63) is 10.4 Å². The van der Waals surface area contributed by atoms with E-state index in [4.69, 9.17) is 10.6 Å². The molecule has 0 spiro atoms. The summed E-state index contributed by atoms with van der Waals surface area (Å²) in [6.45, 7) is 1.12. The smallest absolute Gasteiger partial charge is 0.0770 e. The second-order valence-corrected chi connectivity index (χ2v) is 2.00. The van der Waals surface area contributed by atoms with Gasteiger partial charge in [-0.05, 0) is 5.53 Å². The van der Waals surface area contributed by atoms with Crippen molar-refractivity contribution in [3.8, 4) is 0 Å². The van der Waals surface area contributed by atoms with Crippen LogP contribution in [-0.4, -0.2) is 30.3 Å². The molecule has 0 radical (unpaired) electrons. The molecular weight excluding hydrogens is 156 g/mol. The van der Waals surface area contributed by atoms with Crippen molar-refractivity contribution in [2.45, 2.75) is 12.1 Å². The van der Waals surface area contributed by atoms with Gasteiger partial charge in [0.2, 0.25) is 0 Å². The second-order valence-electron chi connectivity index (χ2n) is 2.00. The van der Waals surface area contributed by atoms with Gasteiger partial charge in [0.05, 0.1) is 12.1 Å². The van der Waals surface area contributed by atoms with Crippen molar-refractivity contribution in [2.75, 3.05) is 13.1 Å². The summed E-state index contributed by atoms with van der Waals surface area (Å²) >= 11 is 0. The minimum Gasteiger partial charge on any atom is -0.391 e. The van der Waals surface area contributed by atoms with Crippen molar-refractivity contribution in [1.82, 2.24) is 5.32 Å². The molecule has 1 rings (SSSR count). The summed E-state index contributed by atoms with van der Waals surface area (Å²) < 4.78 is 0. The zero-order valence-corrected chi connectivity index (χ0v) is 6.08. The number of aliphatic hydroxyl groups excluding tert-OH is 1. The van der Waals surface area contributed by atoms with Gasteiger partial charge in [-0.3, -0.25) is 0 Å². The van der Waals surface area contributed by atoms with Gasteiger partial charge in [-0.25, -0.2) is 0 Å². The quantitative estimate of drug-likeness (QED) is 0.326. The number of aliphatic hydroxyl groups is 1. The number of β-amino-alcohol motifs (C(OH)–C–C–N with tert-alkyl or cyclic N) is 1. The summed E-state index contributed by atoms with van der Waals surface area (Å²) in [6.07, 6.45) is -0.499. The zero-order valence-electron chi connectivity index (χ0n) is 5.27. The van der Waals surface area contributed by atoms with E-state index in [0.29, 0.717) is 13.1 Å². The van der Waals surface area contributed by atoms with Crippen LogP contribution in [0.2, 0.25) is 0 Å². The summed E-state index contributed by atoms with van der Waals surface area (Å²) in [5.74, 6) is 0. The maximum Gasteiger partial charge on any atom is 0.0770 e. The maximum absolute atomic E-state index is 8.99. The van der Waals surface area contributed by atoms with Crippen molar-refractivity contribution in [3.63, 3.8) is 0 Å². The number of azide groups is 1. The van der Waals surface area contributed by atoms with Crippen LogP contribution < -0.4 is 5.32 Å². The molecule has 0 aromatic carbocycles. The SMILES string of the molecule is Cl.[N-]=[N+]=NC1CNCC1O. The third kappa shape index (κ3) is 2.04. The van der Waals surface area contributed by atoms with Gasteiger partial charge in [0.1, 0.15) is 0 Å². The Morgan fingerprint density at radius 2 is 2.30 bits per heavy atom. The first-order chi connectivity index (χ1) is 4.34. The molecule has 2 atom stereocenters. The van der Waals surface area contributed by atoms with Gasteiger partial charge < -0.3 is 10.4 Å². The van der Waals surface area contributed by atoms with Crippen LogP contribution in [0.4, 0.5) is 0 Å². The molecule has 0 amide bonds. The highest BCUT2D eigenvalue weighted by Gasteiger charge is 2.22. The molecule has 1 heterocycles. The van der Waals surface area contributed by atoms with Crippen LogP contribution in [0.5, 0.6) is 0 Å². The van der Waals surface area contributed by atoms with E-state index in [9.17, 15) is 0 Å². The Morgan fingerprint density at radius 1 is 1.60 bits per heavy atom. The number of halogens is 1. The van der Waals surface area contributed by atoms with E-state index in [1.807, 2.05) is 0 Å². The maximum atomic E-state index is 8.99. The predicted molar refractivity (Wildman–Crippen MR) is 39.1 cm³/mol. The van der Waals surface area contributed by atoms with E-state index in [0.717, 1.165) is 0 Å². The van der Waals surface area contributed by atoms with E-state index in [2.05, 4.69) is 15.3 Å². The van der Waals surface area contributed by atoms with E-state index in [-0.39, 0.29) is 18.4 Å². The average Bonchev–Trinajstić information content (AvgIpc) is 2.18. The highest BCUT2D eigenvalue weighted by molar-refractivity contribution is 5.85. The van der Waals surface area contributed by atoms with Crippen LogP contribution >= 0.6 is 12.4 Å². The Hall–Kier alpha value is -0.480. The van der Waals surface area contributed by atoms with Gasteiger partial charge in [0.15, 0.2) is 0 Å². The molecule has 1 aliphatic rings. The van der Waals surface area contributed by atoms with Crippen molar-refractivity contribution < 1.29 is 5.11 Å². The molecule has 1 saturated heterocycles. The largest absolute Gasteiger partial charge is 0.391 e. The van der Waals surface area contributed by atoms with Crippen LogP contribution in [0.15, 0.2) is 5.11 Å². The standard InChI is InChI=1S/C4H8N4O.ClH/c5-8-7-3-1-6-2-4(3)9;/h3-4,6,9H,1-2H2;1H. The molecular formula is C4H9ClN4O. The summed E-state index contributed by atoms with van der Waals surface area (Å²) in [5.41, 5.74) is 7.96. The Bertz CT molecular complexity index is 146. The molecule has 5 nitrogen and oxygen atoms in total. The molecule has 6 heteroatoms. The molecule has 0 aromatic heterocycles. The van der Waals surface area contributed by atoms with E-state index in [1.165, 1.54) is 0 Å². The number of nitrogens with zero attached hydrogens (tertiary/aromatic N) is 3. The lowest BCUT2D eigenvalue weighted by atomic mass is 10.2. The molecule has 0 bridgehead atoms. The molecule has 2 unspecified atom stereocenters. The summed E-state index contributed by atoms with van der Waals surface area (Å²) in [4.78, 5) is 2.59. The number of nitrogens with one attached hydrogen (secondary N) is 1. The van der Waals surface area contributed by atoms with Gasteiger partial charge >= 0.3 is 0 Å². The summed E-state index contributed by atoms with van der Waals surface area (Å²) in [6, 6.07) is -0.269. The number of rotatable bonds is 1. The van der Waals surface area contributed by atoms with Crippen molar-refractivity contribution >= 4 is 12.4 Å². The van der Waals surface area contributed by atoms with Crippen molar-refractivity contribution in [2.24, 2.45) is 5.11 Å². The lowest BCUT2D eigenvalue weighted by molar-refractivity contribution is 0.179. The highest BCUT2D eigenvalue weighted by Crippen LogP contribution is 2.03. The van der Waals surface area contributed by atoms with Gasteiger partial charge in [0, 0.05) is 18.0 Å². The Balaban J connectivity index is 0.000000810. The monoisotopic (exact) mass is 164 g/mol. The molecule has 1 fully saturated rings. The molecule has 0 saturated carbocycles. The van der Waals surface area contributed by atoms with Gasteiger partial charge in [-0.15, -0.1) is 12.4 Å². The molecule has 58 valence electrons. The summed E-state index contributed by atoms with van der Waals surface area (Å²) in [5, 5.41) is 15.3. The number of hydrogen-bond donors (Lipinski definition) is 2. The lowest BCUT2D eigenvalue weighted by Crippen LogP contribution is -2.20. The van der Waals surface area contributed by atoms with Gasteiger partial charge in [0.25, 0.3) is 0 Å². The van der Waals surface area contributed by atoms with E-state index < -0.39 is 6.10 Å². The normalized spacial score (nSPS) is 30.5. The molecule has 1 aliphatic heterocycles. The first kappa shape index (κ1) is 9.52. The molecule has 2 N–H and O–H groups in total. The Morgan fingerprint density at radius 3 is 2.70 bits per heavy atom. The fourth-order valence-electron chi connectivity index (χ4n) is 0.835. The fourth-order valence-corrected chi connectivity index (χ4v) is 0.835. The average molecular weight is 165 g/mol. The molecule has 0 aliphatic carbocycles. The third-order valence-electron chi connectivity index (χ3n) is 1.35. The minimum absolute atomic E-state index is 0. The second kappa shape index (κ2) is 4.35. The topological polar surface area (TPSA) is 81.0 Å². The lowest BCUT2D eigenvalue weighted by Gasteiger charge is -2.02. The number of hydrogen-bond acceptors (Lipinski definition) is 3.